The summed E-state index contributed by atoms with van der Waals surface area (Å²) in [5.41, 5.74) is -0.414. The van der Waals surface area contributed by atoms with Gasteiger partial charge in [-0.1, -0.05) is 0 Å². The van der Waals surface area contributed by atoms with E-state index in [1.54, 1.807) is 0 Å². The number of nitrogens with zero attached hydrogens (tertiary/aromatic N) is 1. The maximum Gasteiger partial charge on any atom is 0.410 e. The Bertz CT molecular complexity index is 340. The number of carbonyl (C=O) groups is 1. The first-order chi connectivity index (χ1) is 9.83. The molecule has 5 heteroatoms. The van der Waals surface area contributed by atoms with Gasteiger partial charge in [-0.05, 0) is 71.4 Å². The highest BCUT2D eigenvalue weighted by Gasteiger charge is 2.28. The van der Waals surface area contributed by atoms with Gasteiger partial charge < -0.3 is 20.1 Å². The molecular weight excluding hydrogens is 268 g/mol. The largest absolute Gasteiger partial charge is 0.444 e. The minimum atomic E-state index is -0.414. The van der Waals surface area contributed by atoms with Crippen LogP contribution in [0, 0.1) is 11.8 Å². The Hall–Kier alpha value is -0.810. The van der Waals surface area contributed by atoms with Crippen molar-refractivity contribution in [2.75, 3.05) is 26.2 Å². The molecule has 0 unspecified atom stereocenters. The van der Waals surface area contributed by atoms with Gasteiger partial charge >= 0.3 is 6.09 Å². The van der Waals surface area contributed by atoms with Gasteiger partial charge in [0.2, 0.25) is 0 Å². The van der Waals surface area contributed by atoms with Crippen molar-refractivity contribution in [1.82, 2.24) is 10.2 Å². The van der Waals surface area contributed by atoms with Crippen molar-refractivity contribution >= 4 is 6.09 Å². The van der Waals surface area contributed by atoms with E-state index < -0.39 is 5.60 Å². The lowest BCUT2D eigenvalue weighted by Gasteiger charge is -2.35. The van der Waals surface area contributed by atoms with Crippen LogP contribution in [0.1, 0.15) is 46.5 Å². The van der Waals surface area contributed by atoms with Crippen LogP contribution in [0.3, 0.4) is 0 Å². The molecule has 5 nitrogen and oxygen atoms in total. The number of likely N-dealkylation sites (tertiary alicyclic amines) is 1. The Morgan fingerprint density at radius 3 is 2.29 bits per heavy atom. The zero-order chi connectivity index (χ0) is 15.5. The van der Waals surface area contributed by atoms with Crippen LogP contribution in [-0.4, -0.2) is 54.0 Å². The van der Waals surface area contributed by atoms with Gasteiger partial charge in [-0.15, -0.1) is 0 Å². The number of carbonyl (C=O) groups excluding carboxylic acids is 1. The van der Waals surface area contributed by atoms with Crippen LogP contribution in [0.15, 0.2) is 0 Å². The molecule has 1 heterocycles. The number of hydrogen-bond donors (Lipinski definition) is 2. The van der Waals surface area contributed by atoms with E-state index in [1.807, 2.05) is 25.7 Å². The standard InChI is InChI=1S/C16H30N2O3/c1-16(2,3)21-15(20)18-6-4-12(5-7-18)10-17-11-13-8-14(19)9-13/h12-14,17,19H,4-11H2,1-3H3. The highest BCUT2D eigenvalue weighted by atomic mass is 16.6. The second-order valence-electron chi connectivity index (χ2n) is 7.56. The molecule has 1 saturated carbocycles. The fourth-order valence-electron chi connectivity index (χ4n) is 3.00. The SMILES string of the molecule is CC(C)(C)OC(=O)N1CCC(CNCC2CC(O)C2)CC1. The molecular formula is C16H30N2O3. The number of hydrogen-bond acceptors (Lipinski definition) is 4. The average molecular weight is 298 g/mol. The lowest BCUT2D eigenvalue weighted by Crippen LogP contribution is -2.44. The average Bonchev–Trinajstić information content (AvgIpc) is 2.35. The highest BCUT2D eigenvalue weighted by Crippen LogP contribution is 2.26. The molecule has 0 aromatic carbocycles. The topological polar surface area (TPSA) is 61.8 Å². The first-order valence-electron chi connectivity index (χ1n) is 8.20. The molecule has 1 aliphatic carbocycles. The van der Waals surface area contributed by atoms with Gasteiger partial charge in [0.15, 0.2) is 0 Å². The van der Waals surface area contributed by atoms with Crippen LogP contribution < -0.4 is 5.32 Å². The van der Waals surface area contributed by atoms with E-state index in [4.69, 9.17) is 4.74 Å². The van der Waals surface area contributed by atoms with E-state index in [1.165, 1.54) is 0 Å². The number of amides is 1. The van der Waals surface area contributed by atoms with E-state index in [0.29, 0.717) is 11.8 Å². The van der Waals surface area contributed by atoms with Crippen LogP contribution in [0.25, 0.3) is 0 Å². The normalized spacial score (nSPS) is 27.3. The molecule has 2 aliphatic rings. The summed E-state index contributed by atoms with van der Waals surface area (Å²) in [6.45, 7) is 9.34. The quantitative estimate of drug-likeness (QED) is 0.833. The highest BCUT2D eigenvalue weighted by molar-refractivity contribution is 5.68. The molecule has 0 aromatic heterocycles. The molecule has 0 radical (unpaired) electrons. The number of nitrogens with one attached hydrogen (secondary N) is 1. The summed E-state index contributed by atoms with van der Waals surface area (Å²) < 4.78 is 5.40. The predicted molar refractivity (Wildman–Crippen MR) is 82.1 cm³/mol. The molecule has 0 atom stereocenters. The van der Waals surface area contributed by atoms with Crippen LogP contribution in [0.4, 0.5) is 4.79 Å². The number of piperidine rings is 1. The number of ether oxygens (including phenoxy) is 1. The molecule has 1 saturated heterocycles. The Morgan fingerprint density at radius 2 is 1.76 bits per heavy atom. The zero-order valence-corrected chi connectivity index (χ0v) is 13.6. The van der Waals surface area contributed by atoms with E-state index in [-0.39, 0.29) is 12.2 Å². The summed E-state index contributed by atoms with van der Waals surface area (Å²) in [5, 5.41) is 12.8. The summed E-state index contributed by atoms with van der Waals surface area (Å²) in [7, 11) is 0. The van der Waals surface area contributed by atoms with Gasteiger partial charge in [-0.3, -0.25) is 0 Å². The Kier molecular flexibility index (Phi) is 5.49. The van der Waals surface area contributed by atoms with Crippen molar-refractivity contribution in [3.05, 3.63) is 0 Å². The maximum atomic E-state index is 12.0. The second-order valence-corrected chi connectivity index (χ2v) is 7.56. The fourth-order valence-corrected chi connectivity index (χ4v) is 3.00. The summed E-state index contributed by atoms with van der Waals surface area (Å²) in [6, 6.07) is 0. The Balaban J connectivity index is 1.58. The van der Waals surface area contributed by atoms with Crippen LogP contribution >= 0.6 is 0 Å². The third-order valence-electron chi connectivity index (χ3n) is 4.34. The van der Waals surface area contributed by atoms with Crippen LogP contribution in [0.2, 0.25) is 0 Å². The Labute approximate surface area is 128 Å². The molecule has 21 heavy (non-hydrogen) atoms. The smallest absolute Gasteiger partial charge is 0.410 e. The van der Waals surface area contributed by atoms with Crippen molar-refractivity contribution < 1.29 is 14.6 Å². The van der Waals surface area contributed by atoms with Crippen LogP contribution in [-0.2, 0) is 4.74 Å². The van der Waals surface area contributed by atoms with Gasteiger partial charge in [0.05, 0.1) is 6.10 Å². The maximum absolute atomic E-state index is 12.0. The van der Waals surface area contributed by atoms with Gasteiger partial charge in [-0.2, -0.15) is 0 Å². The number of rotatable bonds is 4. The molecule has 1 amide bonds. The lowest BCUT2D eigenvalue weighted by molar-refractivity contribution is 0.0181. The predicted octanol–water partition coefficient (Wildman–Crippen LogP) is 1.99. The zero-order valence-electron chi connectivity index (χ0n) is 13.6. The summed E-state index contributed by atoms with van der Waals surface area (Å²) >= 11 is 0. The third kappa shape index (κ3) is 5.47. The second kappa shape index (κ2) is 6.97. The van der Waals surface area contributed by atoms with E-state index in [9.17, 15) is 9.90 Å². The minimum Gasteiger partial charge on any atom is -0.444 e. The minimum absolute atomic E-state index is 0.0612. The Morgan fingerprint density at radius 1 is 1.19 bits per heavy atom. The molecule has 0 bridgehead atoms. The van der Waals surface area contributed by atoms with Gasteiger partial charge in [-0.25, -0.2) is 4.79 Å². The molecule has 2 rings (SSSR count). The van der Waals surface area contributed by atoms with Crippen molar-refractivity contribution in [3.63, 3.8) is 0 Å². The van der Waals surface area contributed by atoms with E-state index in [0.717, 1.165) is 51.9 Å². The molecule has 1 aliphatic heterocycles. The molecule has 2 N–H and O–H groups in total. The van der Waals surface area contributed by atoms with Gasteiger partial charge in [0.25, 0.3) is 0 Å². The summed E-state index contributed by atoms with van der Waals surface area (Å²) in [5.74, 6) is 1.30. The number of aliphatic hydroxyl groups is 1. The summed E-state index contributed by atoms with van der Waals surface area (Å²) in [6.07, 6.45) is 3.74. The van der Waals surface area contributed by atoms with Crippen molar-refractivity contribution in [1.29, 1.82) is 0 Å². The van der Waals surface area contributed by atoms with Crippen molar-refractivity contribution in [2.45, 2.75) is 58.2 Å². The lowest BCUT2D eigenvalue weighted by atomic mass is 9.82. The fraction of sp³-hybridized carbons (Fsp3) is 0.938. The third-order valence-corrected chi connectivity index (χ3v) is 4.34. The number of aliphatic hydroxyl groups excluding tert-OH is 1. The first kappa shape index (κ1) is 16.6. The summed E-state index contributed by atoms with van der Waals surface area (Å²) in [4.78, 5) is 13.8. The van der Waals surface area contributed by atoms with E-state index in [2.05, 4.69) is 5.32 Å². The first-order valence-corrected chi connectivity index (χ1v) is 8.20. The molecule has 0 spiro atoms. The van der Waals surface area contributed by atoms with Crippen molar-refractivity contribution in [3.8, 4) is 0 Å². The molecule has 2 fully saturated rings. The molecule has 0 aromatic rings. The van der Waals surface area contributed by atoms with E-state index >= 15 is 0 Å². The van der Waals surface area contributed by atoms with Gasteiger partial charge in [0, 0.05) is 13.1 Å². The van der Waals surface area contributed by atoms with Crippen LogP contribution in [0.5, 0.6) is 0 Å². The monoisotopic (exact) mass is 298 g/mol. The molecule has 122 valence electrons. The van der Waals surface area contributed by atoms with Crippen molar-refractivity contribution in [2.24, 2.45) is 11.8 Å². The van der Waals surface area contributed by atoms with Gasteiger partial charge in [0.1, 0.15) is 5.60 Å².